The van der Waals surface area contributed by atoms with E-state index < -0.39 is 0 Å². The van der Waals surface area contributed by atoms with Gasteiger partial charge in [-0.05, 0) is 56.3 Å². The topological polar surface area (TPSA) is 73.6 Å². The Balaban J connectivity index is 1.81. The second-order valence-corrected chi connectivity index (χ2v) is 6.14. The number of nitrogens with one attached hydrogen (secondary N) is 1. The summed E-state index contributed by atoms with van der Waals surface area (Å²) in [6.45, 7) is 2.01. The van der Waals surface area contributed by atoms with Gasteiger partial charge in [0.15, 0.2) is 11.5 Å². The molecule has 0 radical (unpaired) electrons. The summed E-state index contributed by atoms with van der Waals surface area (Å²) < 4.78 is 12.7. The van der Waals surface area contributed by atoms with E-state index in [-0.39, 0.29) is 0 Å². The molecule has 130 valence electrons. The van der Waals surface area contributed by atoms with Crippen LogP contribution in [0.15, 0.2) is 30.3 Å². The van der Waals surface area contributed by atoms with E-state index in [1.807, 2.05) is 34.8 Å². The lowest BCUT2D eigenvalue weighted by Crippen LogP contribution is -2.27. The molecule has 25 heavy (non-hydrogen) atoms. The molecule has 3 heterocycles. The van der Waals surface area contributed by atoms with Crippen LogP contribution in [0.1, 0.15) is 24.6 Å². The highest BCUT2D eigenvalue weighted by molar-refractivity contribution is 5.69. The Hall–Kier alpha value is -2.67. The lowest BCUT2D eigenvalue weighted by molar-refractivity contribution is 0.404. The SMILES string of the molecule is COc1ccc(OC)c(-c2ccc3nnc(C4CCNCC4)n3n2)c1. The number of aromatic nitrogens is 4. The van der Waals surface area contributed by atoms with Gasteiger partial charge < -0.3 is 14.8 Å². The average molecular weight is 339 g/mol. The van der Waals surface area contributed by atoms with Gasteiger partial charge in [-0.3, -0.25) is 0 Å². The first-order valence-corrected chi connectivity index (χ1v) is 8.45. The predicted molar refractivity (Wildman–Crippen MR) is 94.2 cm³/mol. The number of benzene rings is 1. The van der Waals surface area contributed by atoms with Gasteiger partial charge in [-0.2, -0.15) is 9.61 Å². The molecular weight excluding hydrogens is 318 g/mol. The molecule has 4 rings (SSSR count). The highest BCUT2D eigenvalue weighted by Gasteiger charge is 2.22. The van der Waals surface area contributed by atoms with E-state index >= 15 is 0 Å². The van der Waals surface area contributed by atoms with Gasteiger partial charge >= 0.3 is 0 Å². The summed E-state index contributed by atoms with van der Waals surface area (Å²) in [5.74, 6) is 2.83. The molecule has 7 nitrogen and oxygen atoms in total. The van der Waals surface area contributed by atoms with Crippen LogP contribution >= 0.6 is 0 Å². The van der Waals surface area contributed by atoms with Crippen molar-refractivity contribution in [3.05, 3.63) is 36.2 Å². The monoisotopic (exact) mass is 339 g/mol. The van der Waals surface area contributed by atoms with Crippen LogP contribution in [0, 0.1) is 0 Å². The van der Waals surface area contributed by atoms with Crippen molar-refractivity contribution in [2.24, 2.45) is 0 Å². The molecule has 0 unspecified atom stereocenters. The Kier molecular flexibility index (Phi) is 4.23. The van der Waals surface area contributed by atoms with Crippen LogP contribution in [0.25, 0.3) is 16.9 Å². The number of rotatable bonds is 4. The molecule has 1 fully saturated rings. The molecule has 1 N–H and O–H groups in total. The lowest BCUT2D eigenvalue weighted by atomic mass is 9.97. The third kappa shape index (κ3) is 2.91. The third-order valence-corrected chi connectivity index (χ3v) is 4.67. The molecule has 2 aromatic heterocycles. The third-order valence-electron chi connectivity index (χ3n) is 4.67. The van der Waals surface area contributed by atoms with Gasteiger partial charge in [0.2, 0.25) is 0 Å². The summed E-state index contributed by atoms with van der Waals surface area (Å²) in [4.78, 5) is 0. The zero-order chi connectivity index (χ0) is 17.2. The smallest absolute Gasteiger partial charge is 0.177 e. The van der Waals surface area contributed by atoms with Crippen LogP contribution in [-0.4, -0.2) is 47.1 Å². The van der Waals surface area contributed by atoms with Crippen LogP contribution in [-0.2, 0) is 0 Å². The standard InChI is InChI=1S/C18H21N5O2/c1-24-13-3-5-16(25-2)14(11-13)15-4-6-17-20-21-18(23(17)22-15)12-7-9-19-10-8-12/h3-6,11-12,19H,7-10H2,1-2H3. The highest BCUT2D eigenvalue weighted by atomic mass is 16.5. The van der Waals surface area contributed by atoms with Crippen LogP contribution in [0.2, 0.25) is 0 Å². The molecule has 0 amide bonds. The maximum atomic E-state index is 5.50. The molecule has 1 aliphatic rings. The minimum Gasteiger partial charge on any atom is -0.497 e. The van der Waals surface area contributed by atoms with E-state index in [0.717, 1.165) is 60.2 Å². The Bertz CT molecular complexity index is 886. The van der Waals surface area contributed by atoms with Gasteiger partial charge in [0.05, 0.1) is 19.9 Å². The van der Waals surface area contributed by atoms with E-state index in [4.69, 9.17) is 14.6 Å². The molecule has 0 spiro atoms. The van der Waals surface area contributed by atoms with Crippen LogP contribution in [0.5, 0.6) is 11.5 Å². The van der Waals surface area contributed by atoms with E-state index in [9.17, 15) is 0 Å². The molecule has 7 heteroatoms. The van der Waals surface area contributed by atoms with Crippen molar-refractivity contribution in [2.45, 2.75) is 18.8 Å². The number of hydrogen-bond acceptors (Lipinski definition) is 6. The Labute approximate surface area is 146 Å². The molecule has 0 atom stereocenters. The van der Waals surface area contributed by atoms with Crippen molar-refractivity contribution in [3.63, 3.8) is 0 Å². The van der Waals surface area contributed by atoms with Gasteiger partial charge in [-0.15, -0.1) is 10.2 Å². The van der Waals surface area contributed by atoms with Crippen LogP contribution < -0.4 is 14.8 Å². The molecule has 1 aliphatic heterocycles. The van der Waals surface area contributed by atoms with E-state index in [1.54, 1.807) is 14.2 Å². The van der Waals surface area contributed by atoms with Crippen molar-refractivity contribution in [1.82, 2.24) is 25.1 Å². The molecule has 1 saturated heterocycles. The van der Waals surface area contributed by atoms with E-state index in [1.165, 1.54) is 0 Å². The van der Waals surface area contributed by atoms with Gasteiger partial charge in [-0.25, -0.2) is 0 Å². The molecule has 3 aromatic rings. The van der Waals surface area contributed by atoms with Gasteiger partial charge in [-0.1, -0.05) is 0 Å². The average Bonchev–Trinajstić information content (AvgIpc) is 3.11. The number of piperidine rings is 1. The normalized spacial score (nSPS) is 15.4. The lowest BCUT2D eigenvalue weighted by Gasteiger charge is -2.20. The number of nitrogens with zero attached hydrogens (tertiary/aromatic N) is 4. The predicted octanol–water partition coefficient (Wildman–Crippen LogP) is 2.28. The summed E-state index contributed by atoms with van der Waals surface area (Å²) in [6.07, 6.45) is 2.10. The zero-order valence-electron chi connectivity index (χ0n) is 14.4. The minimum atomic E-state index is 0.381. The fourth-order valence-corrected chi connectivity index (χ4v) is 3.30. The van der Waals surface area contributed by atoms with Gasteiger partial charge in [0, 0.05) is 11.5 Å². The highest BCUT2D eigenvalue weighted by Crippen LogP contribution is 2.32. The fraction of sp³-hybridized carbons (Fsp3) is 0.389. The summed E-state index contributed by atoms with van der Waals surface area (Å²) in [6, 6.07) is 9.58. The maximum absolute atomic E-state index is 5.50. The summed E-state index contributed by atoms with van der Waals surface area (Å²) in [5.41, 5.74) is 2.45. The minimum absolute atomic E-state index is 0.381. The van der Waals surface area contributed by atoms with Crippen molar-refractivity contribution < 1.29 is 9.47 Å². The van der Waals surface area contributed by atoms with E-state index in [2.05, 4.69) is 15.5 Å². The maximum Gasteiger partial charge on any atom is 0.177 e. The van der Waals surface area contributed by atoms with Crippen LogP contribution in [0.4, 0.5) is 0 Å². The van der Waals surface area contributed by atoms with Crippen molar-refractivity contribution in [1.29, 1.82) is 0 Å². The molecule has 0 saturated carbocycles. The number of ether oxygens (including phenoxy) is 2. The summed E-state index contributed by atoms with van der Waals surface area (Å²) in [7, 11) is 3.31. The molecule has 0 bridgehead atoms. The van der Waals surface area contributed by atoms with Crippen molar-refractivity contribution in [2.75, 3.05) is 27.3 Å². The fourth-order valence-electron chi connectivity index (χ4n) is 3.30. The molecule has 1 aromatic carbocycles. The number of fused-ring (bicyclic) bond motifs is 1. The Morgan fingerprint density at radius 3 is 2.64 bits per heavy atom. The summed E-state index contributed by atoms with van der Waals surface area (Å²) >= 11 is 0. The Morgan fingerprint density at radius 2 is 1.88 bits per heavy atom. The van der Waals surface area contributed by atoms with Crippen LogP contribution in [0.3, 0.4) is 0 Å². The zero-order valence-corrected chi connectivity index (χ0v) is 14.4. The molecule has 0 aliphatic carbocycles. The molecular formula is C18H21N5O2. The first-order chi connectivity index (χ1) is 12.3. The second kappa shape index (κ2) is 6.68. The largest absolute Gasteiger partial charge is 0.497 e. The first-order valence-electron chi connectivity index (χ1n) is 8.45. The van der Waals surface area contributed by atoms with Crippen molar-refractivity contribution in [3.8, 4) is 22.8 Å². The Morgan fingerprint density at radius 1 is 1.04 bits per heavy atom. The first kappa shape index (κ1) is 15.8. The number of methoxy groups -OCH3 is 2. The van der Waals surface area contributed by atoms with Crippen molar-refractivity contribution >= 4 is 5.65 Å². The van der Waals surface area contributed by atoms with E-state index in [0.29, 0.717) is 5.92 Å². The number of hydrogen-bond donors (Lipinski definition) is 1. The van der Waals surface area contributed by atoms with Gasteiger partial charge in [0.1, 0.15) is 11.5 Å². The second-order valence-electron chi connectivity index (χ2n) is 6.14. The quantitative estimate of drug-likeness (QED) is 0.786. The van der Waals surface area contributed by atoms with Gasteiger partial charge in [0.25, 0.3) is 0 Å². The summed E-state index contributed by atoms with van der Waals surface area (Å²) in [5, 5.41) is 16.9.